The zero-order valence-electron chi connectivity index (χ0n) is 22.4. The number of benzene rings is 5. The van der Waals surface area contributed by atoms with E-state index in [0.29, 0.717) is 35.0 Å². The Bertz CT molecular complexity index is 1660. The predicted molar refractivity (Wildman–Crippen MR) is 160 cm³/mol. The first-order valence-corrected chi connectivity index (χ1v) is 13.2. The van der Waals surface area contributed by atoms with Crippen LogP contribution in [0.3, 0.4) is 0 Å². The Morgan fingerprint density at radius 1 is 0.732 bits per heavy atom. The van der Waals surface area contributed by atoms with Crippen LogP contribution in [0.2, 0.25) is 0 Å². The van der Waals surface area contributed by atoms with Crippen molar-refractivity contribution >= 4 is 28.9 Å². The zero-order chi connectivity index (χ0) is 28.4. The van der Waals surface area contributed by atoms with Crippen molar-refractivity contribution in [1.82, 2.24) is 5.43 Å². The summed E-state index contributed by atoms with van der Waals surface area (Å²) in [6.45, 7) is 2.22. The maximum Gasteiger partial charge on any atom is 0.343 e. The topological polar surface area (TPSA) is 86.2 Å². The van der Waals surface area contributed by atoms with Gasteiger partial charge >= 0.3 is 5.97 Å². The van der Waals surface area contributed by atoms with Crippen LogP contribution >= 0.6 is 0 Å². The Kier molecular flexibility index (Phi) is 8.66. The van der Waals surface area contributed by atoms with E-state index in [-0.39, 0.29) is 6.61 Å². The first-order valence-electron chi connectivity index (χ1n) is 13.2. The van der Waals surface area contributed by atoms with Crippen LogP contribution in [0.1, 0.15) is 22.8 Å². The minimum Gasteiger partial charge on any atom is -0.494 e. The second kappa shape index (κ2) is 13.1. The highest BCUT2D eigenvalue weighted by molar-refractivity contribution is 6.04. The van der Waals surface area contributed by atoms with Crippen molar-refractivity contribution in [2.45, 2.75) is 6.92 Å². The molecule has 0 aliphatic rings. The summed E-state index contributed by atoms with van der Waals surface area (Å²) in [5.41, 5.74) is 5.58. The van der Waals surface area contributed by atoms with Crippen LogP contribution in [0.15, 0.2) is 120 Å². The molecular weight excluding hydrogens is 516 g/mol. The normalized spacial score (nSPS) is 10.9. The smallest absolute Gasteiger partial charge is 0.343 e. The first-order chi connectivity index (χ1) is 20.1. The molecule has 0 unspecified atom stereocenters. The van der Waals surface area contributed by atoms with Gasteiger partial charge in [-0.2, -0.15) is 5.10 Å². The van der Waals surface area contributed by atoms with Crippen molar-refractivity contribution in [3.05, 3.63) is 126 Å². The van der Waals surface area contributed by atoms with Gasteiger partial charge in [0.25, 0.3) is 5.91 Å². The summed E-state index contributed by atoms with van der Waals surface area (Å²) in [4.78, 5) is 25.3. The van der Waals surface area contributed by atoms with Gasteiger partial charge in [-0.25, -0.2) is 10.2 Å². The third kappa shape index (κ3) is 6.96. The molecule has 0 saturated heterocycles. The molecular formula is C34H28N2O5. The van der Waals surface area contributed by atoms with Gasteiger partial charge in [0, 0.05) is 5.56 Å². The average Bonchev–Trinajstić information content (AvgIpc) is 3.02. The van der Waals surface area contributed by atoms with Crippen LogP contribution < -0.4 is 19.6 Å². The first kappa shape index (κ1) is 27.1. The van der Waals surface area contributed by atoms with Crippen molar-refractivity contribution in [3.8, 4) is 28.4 Å². The van der Waals surface area contributed by atoms with Crippen molar-refractivity contribution in [2.75, 3.05) is 13.2 Å². The lowest BCUT2D eigenvalue weighted by Crippen LogP contribution is -2.24. The molecule has 0 spiro atoms. The van der Waals surface area contributed by atoms with E-state index in [0.717, 1.165) is 21.9 Å². The Morgan fingerprint density at radius 3 is 2.15 bits per heavy atom. The average molecular weight is 545 g/mol. The van der Waals surface area contributed by atoms with Crippen molar-refractivity contribution in [3.63, 3.8) is 0 Å². The molecule has 204 valence electrons. The molecule has 0 atom stereocenters. The fraction of sp³-hybridized carbons (Fsp3) is 0.0882. The molecule has 1 N–H and O–H groups in total. The van der Waals surface area contributed by atoms with Crippen molar-refractivity contribution < 1.29 is 23.8 Å². The molecule has 0 aliphatic heterocycles. The van der Waals surface area contributed by atoms with E-state index in [1.165, 1.54) is 6.21 Å². The van der Waals surface area contributed by atoms with Crippen LogP contribution in [-0.2, 0) is 4.79 Å². The highest BCUT2D eigenvalue weighted by Crippen LogP contribution is 2.28. The number of fused-ring (bicyclic) bond motifs is 1. The number of carbonyl (C=O) groups excluding carboxylic acids is 2. The summed E-state index contributed by atoms with van der Waals surface area (Å²) >= 11 is 0. The maximum atomic E-state index is 12.9. The predicted octanol–water partition coefficient (Wildman–Crippen LogP) is 6.65. The molecule has 41 heavy (non-hydrogen) atoms. The fourth-order valence-corrected chi connectivity index (χ4v) is 4.23. The molecule has 5 rings (SSSR count). The van der Waals surface area contributed by atoms with Gasteiger partial charge in [0.15, 0.2) is 6.61 Å². The second-order valence-corrected chi connectivity index (χ2v) is 9.02. The number of esters is 1. The molecule has 0 saturated carbocycles. The van der Waals surface area contributed by atoms with Gasteiger partial charge in [-0.1, -0.05) is 72.8 Å². The number of nitrogens with zero attached hydrogens (tertiary/aromatic N) is 1. The van der Waals surface area contributed by atoms with Crippen LogP contribution in [0, 0.1) is 0 Å². The largest absolute Gasteiger partial charge is 0.494 e. The SMILES string of the molecule is CCOc1ccc(C(=O)Oc2ccc3ccccc3c2C=NNC(=O)COc2ccc(-c3ccccc3)cc2)cc1. The molecule has 0 bridgehead atoms. The van der Waals surface area contributed by atoms with Crippen LogP contribution in [0.5, 0.6) is 17.2 Å². The standard InChI is InChI=1S/C34H28N2O5/c1-2-39-28-19-14-27(15-20-28)34(38)41-32-21-16-26-10-6-7-11-30(26)31(32)22-35-36-33(37)23-40-29-17-12-25(13-18-29)24-8-4-3-5-9-24/h3-22H,2,23H2,1H3,(H,36,37). The van der Waals surface area contributed by atoms with Crippen LogP contribution in [0.4, 0.5) is 0 Å². The number of amides is 1. The summed E-state index contributed by atoms with van der Waals surface area (Å²) in [7, 11) is 0. The monoisotopic (exact) mass is 544 g/mol. The lowest BCUT2D eigenvalue weighted by molar-refractivity contribution is -0.123. The van der Waals surface area contributed by atoms with E-state index in [4.69, 9.17) is 14.2 Å². The van der Waals surface area contributed by atoms with Crippen molar-refractivity contribution in [1.29, 1.82) is 0 Å². The summed E-state index contributed by atoms with van der Waals surface area (Å²) in [5, 5.41) is 5.87. The van der Waals surface area contributed by atoms with E-state index < -0.39 is 11.9 Å². The van der Waals surface area contributed by atoms with Crippen molar-refractivity contribution in [2.24, 2.45) is 5.10 Å². The Morgan fingerprint density at radius 2 is 1.39 bits per heavy atom. The Hall–Kier alpha value is -5.43. The number of ether oxygens (including phenoxy) is 3. The number of nitrogens with one attached hydrogen (secondary N) is 1. The number of hydrogen-bond donors (Lipinski definition) is 1. The van der Waals surface area contributed by atoms with E-state index in [2.05, 4.69) is 10.5 Å². The molecule has 7 nitrogen and oxygen atoms in total. The molecule has 1 amide bonds. The van der Waals surface area contributed by atoms with Gasteiger partial charge in [0.1, 0.15) is 17.2 Å². The summed E-state index contributed by atoms with van der Waals surface area (Å²) in [6.07, 6.45) is 1.47. The highest BCUT2D eigenvalue weighted by atomic mass is 16.5. The number of hydrogen-bond acceptors (Lipinski definition) is 6. The Balaban J connectivity index is 1.24. The fourth-order valence-electron chi connectivity index (χ4n) is 4.23. The van der Waals surface area contributed by atoms with Crippen LogP contribution in [0.25, 0.3) is 21.9 Å². The molecule has 0 aromatic heterocycles. The third-order valence-electron chi connectivity index (χ3n) is 6.25. The molecule has 0 heterocycles. The van der Waals surface area contributed by atoms with E-state index in [1.54, 1.807) is 30.3 Å². The van der Waals surface area contributed by atoms with Gasteiger partial charge < -0.3 is 14.2 Å². The van der Waals surface area contributed by atoms with Gasteiger partial charge in [0.2, 0.25) is 0 Å². The molecule has 0 fully saturated rings. The summed E-state index contributed by atoms with van der Waals surface area (Å²) in [5.74, 6) is 0.610. The van der Waals surface area contributed by atoms with Crippen LogP contribution in [-0.4, -0.2) is 31.3 Å². The summed E-state index contributed by atoms with van der Waals surface area (Å²) < 4.78 is 16.8. The van der Waals surface area contributed by atoms with Gasteiger partial charge in [0.05, 0.1) is 18.4 Å². The lowest BCUT2D eigenvalue weighted by Gasteiger charge is -2.11. The molecule has 7 heteroatoms. The molecule has 0 aliphatic carbocycles. The zero-order valence-corrected chi connectivity index (χ0v) is 22.4. The van der Waals surface area contributed by atoms with E-state index >= 15 is 0 Å². The van der Waals surface area contributed by atoms with Gasteiger partial charge in [-0.15, -0.1) is 0 Å². The number of rotatable bonds is 10. The third-order valence-corrected chi connectivity index (χ3v) is 6.25. The minimum atomic E-state index is -0.520. The van der Waals surface area contributed by atoms with E-state index in [9.17, 15) is 9.59 Å². The quantitative estimate of drug-likeness (QED) is 0.0920. The second-order valence-electron chi connectivity index (χ2n) is 9.02. The molecule has 5 aromatic rings. The Labute approximate surface area is 238 Å². The molecule has 5 aromatic carbocycles. The van der Waals surface area contributed by atoms with E-state index in [1.807, 2.05) is 91.9 Å². The number of carbonyl (C=O) groups is 2. The summed E-state index contributed by atoms with van der Waals surface area (Å²) in [6, 6.07) is 35.5. The number of hydrazone groups is 1. The lowest BCUT2D eigenvalue weighted by atomic mass is 10.0. The van der Waals surface area contributed by atoms with Gasteiger partial charge in [-0.3, -0.25) is 4.79 Å². The highest BCUT2D eigenvalue weighted by Gasteiger charge is 2.14. The molecule has 0 radical (unpaired) electrons. The van der Waals surface area contributed by atoms with Gasteiger partial charge in [-0.05, 0) is 71.3 Å². The maximum absolute atomic E-state index is 12.9. The minimum absolute atomic E-state index is 0.211.